The fourth-order valence-corrected chi connectivity index (χ4v) is 2.15. The van der Waals surface area contributed by atoms with Gasteiger partial charge in [0.05, 0.1) is 0 Å². The van der Waals surface area contributed by atoms with Crippen LogP contribution in [-0.2, 0) is 0 Å². The first-order chi connectivity index (χ1) is 8.68. The molecule has 0 spiro atoms. The Morgan fingerprint density at radius 2 is 2.33 bits per heavy atom. The van der Waals surface area contributed by atoms with Crippen LogP contribution in [0.3, 0.4) is 0 Å². The molecule has 4 heteroatoms. The van der Waals surface area contributed by atoms with Gasteiger partial charge in [-0.3, -0.25) is 4.79 Å². The average molecular weight is 265 g/mol. The van der Waals surface area contributed by atoms with Gasteiger partial charge in [0.2, 0.25) is 0 Å². The summed E-state index contributed by atoms with van der Waals surface area (Å²) in [7, 11) is 0. The molecule has 2 N–H and O–H groups in total. The van der Waals surface area contributed by atoms with Crippen molar-refractivity contribution in [3.63, 3.8) is 0 Å². The van der Waals surface area contributed by atoms with E-state index in [-0.39, 0.29) is 5.91 Å². The summed E-state index contributed by atoms with van der Waals surface area (Å²) in [4.78, 5) is 12.0. The lowest BCUT2D eigenvalue weighted by molar-refractivity contribution is 0.0956. The van der Waals surface area contributed by atoms with Crippen molar-refractivity contribution >= 4 is 17.5 Å². The van der Waals surface area contributed by atoms with Crippen LogP contribution in [0.2, 0.25) is 5.02 Å². The summed E-state index contributed by atoms with van der Waals surface area (Å²) in [5.74, 6) is -0.0607. The SMILES string of the molecule is Cc1c(Cl)cccc1C(=O)NCC1=CCNCC1. The third kappa shape index (κ3) is 3.12. The first-order valence-electron chi connectivity index (χ1n) is 6.10. The monoisotopic (exact) mass is 264 g/mol. The summed E-state index contributed by atoms with van der Waals surface area (Å²) in [5.41, 5.74) is 2.76. The highest BCUT2D eigenvalue weighted by atomic mass is 35.5. The van der Waals surface area contributed by atoms with Gasteiger partial charge < -0.3 is 10.6 Å². The minimum absolute atomic E-state index is 0.0607. The lowest BCUT2D eigenvalue weighted by Gasteiger charge is -2.15. The zero-order valence-corrected chi connectivity index (χ0v) is 11.2. The number of carbonyl (C=O) groups is 1. The van der Waals surface area contributed by atoms with E-state index in [2.05, 4.69) is 16.7 Å². The second kappa shape index (κ2) is 6.03. The minimum Gasteiger partial charge on any atom is -0.348 e. The first-order valence-corrected chi connectivity index (χ1v) is 6.48. The molecule has 0 bridgehead atoms. The van der Waals surface area contributed by atoms with Crippen LogP contribution in [0.25, 0.3) is 0 Å². The zero-order chi connectivity index (χ0) is 13.0. The molecule has 18 heavy (non-hydrogen) atoms. The second-order valence-electron chi connectivity index (χ2n) is 4.41. The van der Waals surface area contributed by atoms with Crippen molar-refractivity contribution in [2.75, 3.05) is 19.6 Å². The smallest absolute Gasteiger partial charge is 0.251 e. The van der Waals surface area contributed by atoms with E-state index in [9.17, 15) is 4.79 Å². The van der Waals surface area contributed by atoms with E-state index in [1.807, 2.05) is 6.92 Å². The highest BCUT2D eigenvalue weighted by molar-refractivity contribution is 6.31. The van der Waals surface area contributed by atoms with Gasteiger partial charge in [0, 0.05) is 23.7 Å². The molecule has 1 aliphatic rings. The van der Waals surface area contributed by atoms with E-state index in [4.69, 9.17) is 11.6 Å². The van der Waals surface area contributed by atoms with Crippen molar-refractivity contribution in [3.8, 4) is 0 Å². The molecular formula is C14H17ClN2O. The maximum atomic E-state index is 12.0. The summed E-state index contributed by atoms with van der Waals surface area (Å²) >= 11 is 6.01. The molecule has 1 amide bonds. The molecule has 0 aliphatic carbocycles. The average Bonchev–Trinajstić information content (AvgIpc) is 2.40. The van der Waals surface area contributed by atoms with E-state index in [1.165, 1.54) is 5.57 Å². The van der Waals surface area contributed by atoms with E-state index in [0.29, 0.717) is 17.1 Å². The summed E-state index contributed by atoms with van der Waals surface area (Å²) in [5, 5.41) is 6.82. The Bertz CT molecular complexity index is 483. The minimum atomic E-state index is -0.0607. The Hall–Kier alpha value is -1.32. The Morgan fingerprint density at radius 1 is 1.50 bits per heavy atom. The molecule has 0 saturated heterocycles. The summed E-state index contributed by atoms with van der Waals surface area (Å²) < 4.78 is 0. The number of halogens is 1. The fourth-order valence-electron chi connectivity index (χ4n) is 1.97. The summed E-state index contributed by atoms with van der Waals surface area (Å²) in [6.45, 7) is 4.35. The molecule has 0 atom stereocenters. The molecule has 1 heterocycles. The highest BCUT2D eigenvalue weighted by Gasteiger charge is 2.11. The van der Waals surface area contributed by atoms with E-state index < -0.39 is 0 Å². The van der Waals surface area contributed by atoms with Gasteiger partial charge in [-0.15, -0.1) is 0 Å². The summed E-state index contributed by atoms with van der Waals surface area (Å²) in [6.07, 6.45) is 3.13. The number of nitrogens with one attached hydrogen (secondary N) is 2. The Morgan fingerprint density at radius 3 is 3.06 bits per heavy atom. The van der Waals surface area contributed by atoms with Crippen LogP contribution in [-0.4, -0.2) is 25.5 Å². The third-order valence-corrected chi connectivity index (χ3v) is 3.56. The van der Waals surface area contributed by atoms with Crippen molar-refractivity contribution in [1.82, 2.24) is 10.6 Å². The second-order valence-corrected chi connectivity index (χ2v) is 4.82. The fraction of sp³-hybridized carbons (Fsp3) is 0.357. The van der Waals surface area contributed by atoms with Crippen molar-refractivity contribution in [3.05, 3.63) is 46.0 Å². The van der Waals surface area contributed by atoms with Gasteiger partial charge in [-0.05, 0) is 37.6 Å². The largest absolute Gasteiger partial charge is 0.348 e. The topological polar surface area (TPSA) is 41.1 Å². The number of benzene rings is 1. The highest BCUT2D eigenvalue weighted by Crippen LogP contribution is 2.18. The Kier molecular flexibility index (Phi) is 4.39. The normalized spacial score (nSPS) is 15.1. The molecule has 2 rings (SSSR count). The van der Waals surface area contributed by atoms with Gasteiger partial charge in [-0.2, -0.15) is 0 Å². The molecule has 96 valence electrons. The van der Waals surface area contributed by atoms with Crippen molar-refractivity contribution in [1.29, 1.82) is 0 Å². The standard InChI is InChI=1S/C14H17ClN2O/c1-10-12(3-2-4-13(10)15)14(18)17-9-11-5-7-16-8-6-11/h2-5,16H,6-9H2,1H3,(H,17,18). The molecule has 0 aromatic heterocycles. The van der Waals surface area contributed by atoms with E-state index >= 15 is 0 Å². The number of rotatable bonds is 3. The van der Waals surface area contributed by atoms with Crippen LogP contribution in [0.1, 0.15) is 22.3 Å². The molecule has 0 radical (unpaired) electrons. The van der Waals surface area contributed by atoms with Gasteiger partial charge in [0.25, 0.3) is 5.91 Å². The maximum Gasteiger partial charge on any atom is 0.251 e. The molecule has 3 nitrogen and oxygen atoms in total. The van der Waals surface area contributed by atoms with Crippen LogP contribution in [0.5, 0.6) is 0 Å². The molecule has 0 saturated carbocycles. The lowest BCUT2D eigenvalue weighted by atomic mass is 10.1. The van der Waals surface area contributed by atoms with E-state index in [0.717, 1.165) is 25.1 Å². The maximum absolute atomic E-state index is 12.0. The molecule has 0 unspecified atom stereocenters. The molecular weight excluding hydrogens is 248 g/mol. The summed E-state index contributed by atoms with van der Waals surface area (Å²) in [6, 6.07) is 5.39. The van der Waals surface area contributed by atoms with Gasteiger partial charge in [-0.25, -0.2) is 0 Å². The molecule has 0 fully saturated rings. The van der Waals surface area contributed by atoms with Crippen LogP contribution in [0.4, 0.5) is 0 Å². The van der Waals surface area contributed by atoms with E-state index in [1.54, 1.807) is 18.2 Å². The van der Waals surface area contributed by atoms with Gasteiger partial charge in [-0.1, -0.05) is 29.3 Å². The number of amides is 1. The van der Waals surface area contributed by atoms with Gasteiger partial charge in [0.1, 0.15) is 0 Å². The molecule has 1 aliphatic heterocycles. The number of hydrogen-bond acceptors (Lipinski definition) is 2. The van der Waals surface area contributed by atoms with Crippen LogP contribution in [0, 0.1) is 6.92 Å². The van der Waals surface area contributed by atoms with Gasteiger partial charge >= 0.3 is 0 Å². The third-order valence-electron chi connectivity index (χ3n) is 3.15. The number of hydrogen-bond donors (Lipinski definition) is 2. The zero-order valence-electron chi connectivity index (χ0n) is 10.4. The predicted octanol–water partition coefficient (Wildman–Crippen LogP) is 2.30. The van der Waals surface area contributed by atoms with Crippen LogP contribution >= 0.6 is 11.6 Å². The van der Waals surface area contributed by atoms with Gasteiger partial charge in [0.15, 0.2) is 0 Å². The molecule has 1 aromatic carbocycles. The Labute approximate surface area is 112 Å². The first kappa shape index (κ1) is 13.1. The van der Waals surface area contributed by atoms with Crippen LogP contribution in [0.15, 0.2) is 29.8 Å². The van der Waals surface area contributed by atoms with Crippen molar-refractivity contribution < 1.29 is 4.79 Å². The lowest BCUT2D eigenvalue weighted by Crippen LogP contribution is -2.30. The van der Waals surface area contributed by atoms with Crippen molar-refractivity contribution in [2.45, 2.75) is 13.3 Å². The van der Waals surface area contributed by atoms with Crippen LogP contribution < -0.4 is 10.6 Å². The van der Waals surface area contributed by atoms with Crippen molar-refractivity contribution in [2.24, 2.45) is 0 Å². The predicted molar refractivity (Wildman–Crippen MR) is 74.1 cm³/mol. The quantitative estimate of drug-likeness (QED) is 0.823. The Balaban J connectivity index is 1.99. The number of carbonyl (C=O) groups excluding carboxylic acids is 1. The molecule has 1 aromatic rings.